The van der Waals surface area contributed by atoms with Crippen LogP contribution in [0.1, 0.15) is 18.4 Å². The summed E-state index contributed by atoms with van der Waals surface area (Å²) in [5.41, 5.74) is 6.28. The Balaban J connectivity index is 1.77. The van der Waals surface area contributed by atoms with Crippen LogP contribution in [0.3, 0.4) is 0 Å². The first kappa shape index (κ1) is 23.1. The maximum absolute atomic E-state index is 13.8. The number of hydrogen-bond donors (Lipinski definition) is 2. The van der Waals surface area contributed by atoms with Gasteiger partial charge >= 0.3 is 12.3 Å². The minimum absolute atomic E-state index is 0.0867. The summed E-state index contributed by atoms with van der Waals surface area (Å²) < 4.78 is 61.0. The molecule has 8 nitrogen and oxygen atoms in total. The molecule has 2 aliphatic rings. The molecule has 0 aromatic heterocycles. The molecule has 1 heterocycles. The highest BCUT2D eigenvalue weighted by Crippen LogP contribution is 2.37. The molecule has 0 saturated carbocycles. The molecule has 3 N–H and O–H groups in total. The predicted molar refractivity (Wildman–Crippen MR) is 106 cm³/mol. The van der Waals surface area contributed by atoms with E-state index in [1.165, 1.54) is 0 Å². The highest BCUT2D eigenvalue weighted by molar-refractivity contribution is 6.10. The summed E-state index contributed by atoms with van der Waals surface area (Å²) in [6.07, 6.45) is -2.06. The number of amides is 2. The quantitative estimate of drug-likeness (QED) is 0.641. The van der Waals surface area contributed by atoms with Crippen LogP contribution in [0.15, 0.2) is 41.0 Å². The van der Waals surface area contributed by atoms with Crippen molar-refractivity contribution in [3.63, 3.8) is 0 Å². The number of carbonyl (C=O) groups is 2. The maximum Gasteiger partial charge on any atom is 0.422 e. The van der Waals surface area contributed by atoms with Crippen molar-refractivity contribution >= 4 is 23.4 Å². The Morgan fingerprint density at radius 3 is 2.75 bits per heavy atom. The molecule has 1 aliphatic heterocycles. The van der Waals surface area contributed by atoms with Crippen LogP contribution in [0.4, 0.5) is 22.4 Å². The fraction of sp³-hybridized carbons (Fsp3) is 0.350. The Morgan fingerprint density at radius 2 is 2.06 bits per heavy atom. The third-order valence-corrected chi connectivity index (χ3v) is 4.73. The number of fused-ring (bicyclic) bond motifs is 1. The van der Waals surface area contributed by atoms with Crippen LogP contribution in [0, 0.1) is 5.82 Å². The SMILES string of the molecule is CN1N=C(NC(=O)CCOC(N)=O)C2=CC=C(c3cc(F)ccc3OCC(F)(F)F)CC21. The average molecular weight is 456 g/mol. The summed E-state index contributed by atoms with van der Waals surface area (Å²) in [4.78, 5) is 22.6. The molecule has 12 heteroatoms. The fourth-order valence-corrected chi connectivity index (χ4v) is 3.32. The monoisotopic (exact) mass is 456 g/mol. The van der Waals surface area contributed by atoms with Gasteiger partial charge in [-0.15, -0.1) is 0 Å². The van der Waals surface area contributed by atoms with Crippen molar-refractivity contribution in [1.82, 2.24) is 10.3 Å². The van der Waals surface area contributed by atoms with Crippen molar-refractivity contribution in [1.29, 1.82) is 0 Å². The highest BCUT2D eigenvalue weighted by Gasteiger charge is 2.34. The number of nitrogens with one attached hydrogen (secondary N) is 1. The van der Waals surface area contributed by atoms with Gasteiger partial charge in [0.15, 0.2) is 12.4 Å². The number of rotatable bonds is 6. The van der Waals surface area contributed by atoms with Gasteiger partial charge in [-0.25, -0.2) is 9.18 Å². The summed E-state index contributed by atoms with van der Waals surface area (Å²) in [6, 6.07) is 2.98. The largest absolute Gasteiger partial charge is 0.483 e. The average Bonchev–Trinajstić information content (AvgIpc) is 3.00. The number of carbonyl (C=O) groups excluding carboxylic acids is 2. The highest BCUT2D eigenvalue weighted by atomic mass is 19.4. The van der Waals surface area contributed by atoms with Crippen molar-refractivity contribution in [3.8, 4) is 5.75 Å². The molecular weight excluding hydrogens is 436 g/mol. The van der Waals surface area contributed by atoms with Crippen molar-refractivity contribution in [2.45, 2.75) is 25.1 Å². The number of nitrogens with zero attached hydrogens (tertiary/aromatic N) is 2. The van der Waals surface area contributed by atoms with Crippen LogP contribution in [-0.4, -0.2) is 55.3 Å². The number of likely N-dealkylation sites (N-methyl/N-ethyl adjacent to an activating group) is 1. The summed E-state index contributed by atoms with van der Waals surface area (Å²) in [5.74, 6) is -0.846. The second-order valence-electron chi connectivity index (χ2n) is 7.07. The van der Waals surface area contributed by atoms with E-state index in [4.69, 9.17) is 10.5 Å². The third-order valence-electron chi connectivity index (χ3n) is 4.73. The summed E-state index contributed by atoms with van der Waals surface area (Å²) in [7, 11) is 1.67. The number of alkyl halides is 3. The summed E-state index contributed by atoms with van der Waals surface area (Å²) in [5, 5.41) is 8.49. The standard InChI is InChI=1S/C20H20F4N4O4/c1-28-15-8-11(14-9-12(21)3-5-16(14)32-10-20(22,23)24)2-4-13(15)18(27-28)26-17(29)6-7-31-19(25)30/h2-5,9,15H,6-8,10H2,1H3,(H2,25,30)(H,26,27,29). The van der Waals surface area contributed by atoms with E-state index in [1.54, 1.807) is 24.2 Å². The Hall–Kier alpha value is -3.57. The van der Waals surface area contributed by atoms with E-state index in [-0.39, 0.29) is 30.4 Å². The summed E-state index contributed by atoms with van der Waals surface area (Å²) >= 11 is 0. The lowest BCUT2D eigenvalue weighted by atomic mass is 9.88. The number of hydrazone groups is 1. The number of ether oxygens (including phenoxy) is 2. The van der Waals surface area contributed by atoms with Crippen LogP contribution in [-0.2, 0) is 9.53 Å². The molecule has 0 saturated heterocycles. The lowest BCUT2D eigenvalue weighted by Crippen LogP contribution is -2.34. The zero-order valence-corrected chi connectivity index (χ0v) is 16.9. The van der Waals surface area contributed by atoms with Crippen LogP contribution < -0.4 is 15.8 Å². The van der Waals surface area contributed by atoms with Crippen molar-refractivity contribution in [3.05, 3.63) is 47.3 Å². The summed E-state index contributed by atoms with van der Waals surface area (Å²) in [6.45, 7) is -1.68. The van der Waals surface area contributed by atoms with Gasteiger partial charge in [-0.1, -0.05) is 12.2 Å². The molecule has 0 spiro atoms. The van der Waals surface area contributed by atoms with Crippen molar-refractivity contribution in [2.75, 3.05) is 20.3 Å². The molecule has 0 radical (unpaired) electrons. The van der Waals surface area contributed by atoms with Gasteiger partial charge in [-0.2, -0.15) is 18.3 Å². The molecule has 3 rings (SSSR count). The van der Waals surface area contributed by atoms with Crippen LogP contribution >= 0.6 is 0 Å². The van der Waals surface area contributed by atoms with Gasteiger partial charge in [0.25, 0.3) is 0 Å². The fourth-order valence-electron chi connectivity index (χ4n) is 3.32. The predicted octanol–water partition coefficient (Wildman–Crippen LogP) is 2.71. The molecule has 1 aliphatic carbocycles. The lowest BCUT2D eigenvalue weighted by Gasteiger charge is -2.25. The number of halogens is 4. The Bertz CT molecular complexity index is 1000. The number of nitrogens with two attached hydrogens (primary N) is 1. The van der Waals surface area contributed by atoms with E-state index in [1.807, 2.05) is 0 Å². The second-order valence-corrected chi connectivity index (χ2v) is 7.07. The van der Waals surface area contributed by atoms with Crippen molar-refractivity contribution in [2.24, 2.45) is 10.8 Å². The van der Waals surface area contributed by atoms with E-state index in [0.29, 0.717) is 23.4 Å². The normalized spacial score (nSPS) is 17.7. The van der Waals surface area contributed by atoms with Gasteiger partial charge in [0, 0.05) is 18.2 Å². The molecular formula is C20H20F4N4O4. The molecule has 1 aromatic carbocycles. The first-order valence-corrected chi connectivity index (χ1v) is 9.47. The van der Waals surface area contributed by atoms with E-state index < -0.39 is 30.6 Å². The van der Waals surface area contributed by atoms with Gasteiger partial charge in [0.2, 0.25) is 5.91 Å². The van der Waals surface area contributed by atoms with Crippen LogP contribution in [0.2, 0.25) is 0 Å². The molecule has 1 unspecified atom stereocenters. The van der Waals surface area contributed by atoms with Gasteiger partial charge in [-0.3, -0.25) is 9.80 Å². The molecule has 0 bridgehead atoms. The number of allylic oxidation sites excluding steroid dienone is 2. The number of amidine groups is 1. The Kier molecular flexibility index (Phi) is 6.70. The third kappa shape index (κ3) is 5.77. The number of hydrogen-bond acceptors (Lipinski definition) is 6. The zero-order chi connectivity index (χ0) is 23.5. The molecule has 32 heavy (non-hydrogen) atoms. The molecule has 2 amide bonds. The molecule has 0 fully saturated rings. The first-order valence-electron chi connectivity index (χ1n) is 9.47. The minimum atomic E-state index is -4.53. The van der Waals surface area contributed by atoms with Gasteiger partial charge in [0.1, 0.15) is 18.2 Å². The smallest absolute Gasteiger partial charge is 0.422 e. The van der Waals surface area contributed by atoms with Crippen molar-refractivity contribution < 1.29 is 36.6 Å². The van der Waals surface area contributed by atoms with Gasteiger partial charge in [0.05, 0.1) is 12.5 Å². The lowest BCUT2D eigenvalue weighted by molar-refractivity contribution is -0.153. The maximum atomic E-state index is 13.8. The number of primary amides is 1. The molecule has 172 valence electrons. The second kappa shape index (κ2) is 9.28. The van der Waals surface area contributed by atoms with E-state index >= 15 is 0 Å². The van der Waals surface area contributed by atoms with E-state index in [2.05, 4.69) is 15.2 Å². The Morgan fingerprint density at radius 1 is 1.31 bits per heavy atom. The van der Waals surface area contributed by atoms with Gasteiger partial charge in [-0.05, 0) is 30.2 Å². The van der Waals surface area contributed by atoms with Crippen LogP contribution in [0.25, 0.3) is 5.57 Å². The number of benzene rings is 1. The zero-order valence-electron chi connectivity index (χ0n) is 16.9. The van der Waals surface area contributed by atoms with Crippen LogP contribution in [0.5, 0.6) is 5.75 Å². The topological polar surface area (TPSA) is 106 Å². The first-order chi connectivity index (χ1) is 15.0. The minimum Gasteiger partial charge on any atom is -0.483 e. The van der Waals surface area contributed by atoms with E-state index in [0.717, 1.165) is 18.2 Å². The Labute approximate surface area is 180 Å². The molecule has 1 aromatic rings. The molecule has 1 atom stereocenters. The van der Waals surface area contributed by atoms with E-state index in [9.17, 15) is 27.2 Å². The van der Waals surface area contributed by atoms with Gasteiger partial charge < -0.3 is 20.5 Å².